The van der Waals surface area contributed by atoms with E-state index in [0.29, 0.717) is 16.7 Å². The van der Waals surface area contributed by atoms with Gasteiger partial charge in [0.25, 0.3) is 0 Å². The van der Waals surface area contributed by atoms with Gasteiger partial charge in [-0.15, -0.1) is 0 Å². The van der Waals surface area contributed by atoms with Crippen LogP contribution < -0.4 is 10.5 Å². The van der Waals surface area contributed by atoms with Gasteiger partial charge in [0, 0.05) is 31.7 Å². The fraction of sp³-hybridized carbons (Fsp3) is 0.200. The maximum Gasteiger partial charge on any atom is 0.124 e. The van der Waals surface area contributed by atoms with E-state index in [2.05, 4.69) is 15.9 Å². The smallest absolute Gasteiger partial charge is 0.124 e. The minimum absolute atomic E-state index is 0.114. The van der Waals surface area contributed by atoms with Crippen LogP contribution in [-0.2, 0) is 6.61 Å². The van der Waals surface area contributed by atoms with E-state index >= 15 is 0 Å². The van der Waals surface area contributed by atoms with E-state index in [1.807, 2.05) is 25.1 Å². The van der Waals surface area contributed by atoms with Gasteiger partial charge in [0.15, 0.2) is 0 Å². The minimum atomic E-state index is -0.114. The summed E-state index contributed by atoms with van der Waals surface area (Å²) in [5.74, 6) is 0.749. The van der Waals surface area contributed by atoms with Crippen molar-refractivity contribution in [2.24, 2.45) is 5.73 Å². The molecule has 0 spiro atoms. The van der Waals surface area contributed by atoms with Gasteiger partial charge in [-0.3, -0.25) is 0 Å². The molecule has 106 valence electrons. The van der Waals surface area contributed by atoms with Gasteiger partial charge in [-0.05, 0) is 43.3 Å². The first-order chi connectivity index (χ1) is 9.47. The average Bonchev–Trinajstić information content (AvgIpc) is 2.40. The van der Waals surface area contributed by atoms with Crippen LogP contribution in [0, 0.1) is 0 Å². The van der Waals surface area contributed by atoms with Crippen molar-refractivity contribution in [3.8, 4) is 5.75 Å². The Kier molecular flexibility index (Phi) is 5.33. The van der Waals surface area contributed by atoms with E-state index in [1.54, 1.807) is 18.2 Å². The summed E-state index contributed by atoms with van der Waals surface area (Å²) in [5.41, 5.74) is 7.75. The minimum Gasteiger partial charge on any atom is -0.489 e. The van der Waals surface area contributed by atoms with E-state index in [4.69, 9.17) is 33.7 Å². The van der Waals surface area contributed by atoms with Crippen molar-refractivity contribution in [1.29, 1.82) is 0 Å². The van der Waals surface area contributed by atoms with E-state index in [0.717, 1.165) is 21.3 Å². The SMILES string of the molecule is C[C@H](N)c1cc(Br)ccc1OCc1cc(Cl)ccc1Cl. The molecule has 2 rings (SSSR count). The van der Waals surface area contributed by atoms with Gasteiger partial charge < -0.3 is 10.5 Å². The topological polar surface area (TPSA) is 35.2 Å². The molecular weight excluding hydrogens is 361 g/mol. The molecule has 0 saturated carbocycles. The molecule has 0 unspecified atom stereocenters. The maximum absolute atomic E-state index is 6.12. The van der Waals surface area contributed by atoms with Crippen molar-refractivity contribution in [2.75, 3.05) is 0 Å². The zero-order valence-electron chi connectivity index (χ0n) is 10.9. The van der Waals surface area contributed by atoms with Gasteiger partial charge in [0.05, 0.1) is 0 Å². The van der Waals surface area contributed by atoms with Gasteiger partial charge in [0.1, 0.15) is 12.4 Å². The first-order valence-corrected chi connectivity index (χ1v) is 7.64. The second-order valence-corrected chi connectivity index (χ2v) is 6.25. The third-order valence-electron chi connectivity index (χ3n) is 2.85. The number of benzene rings is 2. The highest BCUT2D eigenvalue weighted by Gasteiger charge is 2.10. The number of nitrogens with two attached hydrogens (primary N) is 1. The summed E-state index contributed by atoms with van der Waals surface area (Å²) in [5, 5.41) is 1.27. The van der Waals surface area contributed by atoms with Crippen LogP contribution in [0.2, 0.25) is 10.0 Å². The second kappa shape index (κ2) is 6.81. The molecule has 0 amide bonds. The first-order valence-electron chi connectivity index (χ1n) is 6.09. The van der Waals surface area contributed by atoms with E-state index < -0.39 is 0 Å². The van der Waals surface area contributed by atoms with Gasteiger partial charge >= 0.3 is 0 Å². The fourth-order valence-corrected chi connectivity index (χ4v) is 2.56. The Hall–Kier alpha value is -0.740. The lowest BCUT2D eigenvalue weighted by Gasteiger charge is -2.15. The quantitative estimate of drug-likeness (QED) is 0.782. The first kappa shape index (κ1) is 15.6. The Morgan fingerprint density at radius 2 is 1.95 bits per heavy atom. The van der Waals surface area contributed by atoms with Crippen molar-refractivity contribution >= 4 is 39.1 Å². The van der Waals surface area contributed by atoms with Crippen LogP contribution >= 0.6 is 39.1 Å². The highest BCUT2D eigenvalue weighted by molar-refractivity contribution is 9.10. The highest BCUT2D eigenvalue weighted by Crippen LogP contribution is 2.29. The predicted octanol–water partition coefficient (Wildman–Crippen LogP) is 5.35. The molecule has 0 aromatic heterocycles. The summed E-state index contributed by atoms with van der Waals surface area (Å²) in [7, 11) is 0. The monoisotopic (exact) mass is 373 g/mol. The summed E-state index contributed by atoms with van der Waals surface area (Å²) in [6.45, 7) is 2.27. The van der Waals surface area contributed by atoms with Crippen LogP contribution in [0.5, 0.6) is 5.75 Å². The summed E-state index contributed by atoms with van der Waals surface area (Å²) < 4.78 is 6.80. The number of halogens is 3. The molecule has 0 saturated heterocycles. The molecular formula is C15H14BrCl2NO. The standard InChI is InChI=1S/C15H14BrCl2NO/c1-9(19)13-7-11(16)2-5-15(13)20-8-10-6-12(17)3-4-14(10)18/h2-7,9H,8,19H2,1H3/t9-/m0/s1. The lowest BCUT2D eigenvalue weighted by atomic mass is 10.1. The number of hydrogen-bond donors (Lipinski definition) is 1. The fourth-order valence-electron chi connectivity index (χ4n) is 1.82. The molecule has 0 aliphatic carbocycles. The largest absolute Gasteiger partial charge is 0.489 e. The predicted molar refractivity (Wildman–Crippen MR) is 87.5 cm³/mol. The van der Waals surface area contributed by atoms with Gasteiger partial charge in [-0.2, -0.15) is 0 Å². The number of ether oxygens (including phenoxy) is 1. The third kappa shape index (κ3) is 3.89. The zero-order chi connectivity index (χ0) is 14.7. The summed E-state index contributed by atoms with van der Waals surface area (Å²) in [6.07, 6.45) is 0. The number of hydrogen-bond acceptors (Lipinski definition) is 2. The van der Waals surface area contributed by atoms with Crippen LogP contribution in [0.15, 0.2) is 40.9 Å². The summed E-state index contributed by atoms with van der Waals surface area (Å²) in [4.78, 5) is 0. The van der Waals surface area contributed by atoms with Crippen molar-refractivity contribution in [3.05, 3.63) is 62.0 Å². The molecule has 2 N–H and O–H groups in total. The molecule has 0 heterocycles. The van der Waals surface area contributed by atoms with Crippen LogP contribution in [0.25, 0.3) is 0 Å². The normalized spacial score (nSPS) is 12.2. The Morgan fingerprint density at radius 1 is 1.20 bits per heavy atom. The molecule has 5 heteroatoms. The average molecular weight is 375 g/mol. The van der Waals surface area contributed by atoms with Crippen molar-refractivity contribution in [3.63, 3.8) is 0 Å². The van der Waals surface area contributed by atoms with Crippen molar-refractivity contribution in [1.82, 2.24) is 0 Å². The molecule has 0 aliphatic rings. The summed E-state index contributed by atoms with van der Waals surface area (Å²) >= 11 is 15.5. The lowest BCUT2D eigenvalue weighted by molar-refractivity contribution is 0.301. The Bertz CT molecular complexity index is 617. The van der Waals surface area contributed by atoms with Crippen LogP contribution in [-0.4, -0.2) is 0 Å². The Balaban J connectivity index is 2.20. The highest BCUT2D eigenvalue weighted by atomic mass is 79.9. The zero-order valence-corrected chi connectivity index (χ0v) is 14.0. The van der Waals surface area contributed by atoms with Crippen molar-refractivity contribution < 1.29 is 4.74 Å². The lowest BCUT2D eigenvalue weighted by Crippen LogP contribution is -2.08. The van der Waals surface area contributed by atoms with Gasteiger partial charge in [-0.25, -0.2) is 0 Å². The van der Waals surface area contributed by atoms with Crippen molar-refractivity contribution in [2.45, 2.75) is 19.6 Å². The molecule has 0 aliphatic heterocycles. The van der Waals surface area contributed by atoms with E-state index in [1.165, 1.54) is 0 Å². The molecule has 2 nitrogen and oxygen atoms in total. The van der Waals surface area contributed by atoms with Crippen LogP contribution in [0.3, 0.4) is 0 Å². The van der Waals surface area contributed by atoms with Gasteiger partial charge in [0.2, 0.25) is 0 Å². The maximum atomic E-state index is 6.12. The number of rotatable bonds is 4. The molecule has 0 radical (unpaired) electrons. The molecule has 2 aromatic rings. The Labute approximate surface area is 137 Å². The second-order valence-electron chi connectivity index (χ2n) is 4.50. The summed E-state index contributed by atoms with van der Waals surface area (Å²) in [6, 6.07) is 11.0. The molecule has 1 atom stereocenters. The van der Waals surface area contributed by atoms with E-state index in [9.17, 15) is 0 Å². The molecule has 20 heavy (non-hydrogen) atoms. The van der Waals surface area contributed by atoms with Gasteiger partial charge in [-0.1, -0.05) is 39.1 Å². The molecule has 0 bridgehead atoms. The van der Waals surface area contributed by atoms with Crippen LogP contribution in [0.1, 0.15) is 24.1 Å². The molecule has 2 aromatic carbocycles. The molecule has 0 fully saturated rings. The van der Waals surface area contributed by atoms with E-state index in [-0.39, 0.29) is 6.04 Å². The Morgan fingerprint density at radius 3 is 2.65 bits per heavy atom. The van der Waals surface area contributed by atoms with Crippen LogP contribution in [0.4, 0.5) is 0 Å². The third-order valence-corrected chi connectivity index (χ3v) is 3.95.